The lowest BCUT2D eigenvalue weighted by Gasteiger charge is -2.08. The Morgan fingerprint density at radius 2 is 1.09 bits per heavy atom. The fourth-order valence-corrected chi connectivity index (χ4v) is 8.32. The number of fused-ring (bicyclic) bond motifs is 2. The van der Waals surface area contributed by atoms with E-state index >= 15 is 0 Å². The first-order chi connectivity index (χ1) is 31.2. The zero-order valence-electron chi connectivity index (χ0n) is 34.2. The third-order valence-corrected chi connectivity index (χ3v) is 11.2. The maximum Gasteiger partial charge on any atom is 0.339 e. The van der Waals surface area contributed by atoms with Gasteiger partial charge in [0.15, 0.2) is 0 Å². The maximum atomic E-state index is 13.3. The highest BCUT2D eigenvalue weighted by molar-refractivity contribution is 7.17. The second-order valence-corrected chi connectivity index (χ2v) is 15.4. The van der Waals surface area contributed by atoms with Crippen LogP contribution >= 0.6 is 22.7 Å². The fraction of sp³-hybridized carbons (Fsp3) is 0.196. The number of aromatic nitrogens is 6. The Morgan fingerprint density at radius 1 is 0.656 bits per heavy atom. The van der Waals surface area contributed by atoms with Crippen molar-refractivity contribution in [1.29, 1.82) is 0 Å². The summed E-state index contributed by atoms with van der Waals surface area (Å²) >= 11 is 3.11. The number of methoxy groups -OCH3 is 1. The first-order valence-corrected chi connectivity index (χ1v) is 21.4. The summed E-state index contributed by atoms with van der Waals surface area (Å²) in [6.45, 7) is 0.697. The first kappa shape index (κ1) is 46.2. The molecule has 8 rings (SSSR count). The van der Waals surface area contributed by atoms with Crippen LogP contribution in [0.5, 0.6) is 11.5 Å². The minimum Gasteiger partial charge on any atom is -0.492 e. The van der Waals surface area contributed by atoms with Crippen LogP contribution in [0.2, 0.25) is 0 Å². The van der Waals surface area contributed by atoms with E-state index < -0.39 is 11.9 Å². The summed E-state index contributed by atoms with van der Waals surface area (Å²) < 4.78 is 42.6. The molecule has 2 aromatic carbocycles. The Labute approximate surface area is 373 Å². The number of thiophene rings is 2. The molecule has 0 saturated heterocycles. The van der Waals surface area contributed by atoms with Gasteiger partial charge in [-0.15, -0.1) is 22.7 Å². The summed E-state index contributed by atoms with van der Waals surface area (Å²) in [5.74, 6) is -1.03. The molecule has 0 saturated carbocycles. The number of unbranched alkanes of at least 4 members (excludes halogenated alkanes) is 2. The van der Waals surface area contributed by atoms with Crippen molar-refractivity contribution in [3.63, 3.8) is 0 Å². The number of rotatable bonds is 16. The number of carbonyl (C=O) groups is 3. The number of pyridine rings is 2. The zero-order chi connectivity index (χ0) is 45.3. The van der Waals surface area contributed by atoms with Crippen LogP contribution in [-0.2, 0) is 22.4 Å². The summed E-state index contributed by atoms with van der Waals surface area (Å²) in [5, 5.41) is 22.0. The van der Waals surface area contributed by atoms with Gasteiger partial charge in [-0.1, -0.05) is 24.3 Å². The van der Waals surface area contributed by atoms with E-state index in [4.69, 9.17) is 29.2 Å². The highest BCUT2D eigenvalue weighted by atomic mass is 32.1. The largest absolute Gasteiger partial charge is 0.492 e. The van der Waals surface area contributed by atoms with Crippen LogP contribution in [-0.4, -0.2) is 78.9 Å². The molecule has 6 aromatic heterocycles. The van der Waals surface area contributed by atoms with E-state index in [2.05, 4.69) is 29.9 Å². The Kier molecular flexibility index (Phi) is 16.8. The van der Waals surface area contributed by atoms with Crippen molar-refractivity contribution in [2.24, 2.45) is 0 Å². The van der Waals surface area contributed by atoms with Gasteiger partial charge < -0.3 is 24.4 Å². The highest BCUT2D eigenvalue weighted by Gasteiger charge is 2.15. The number of nitrogens with zero attached hydrogens (tertiary/aromatic N) is 6. The summed E-state index contributed by atoms with van der Waals surface area (Å²) in [4.78, 5) is 58.4. The van der Waals surface area contributed by atoms with Gasteiger partial charge in [0.1, 0.15) is 45.4 Å². The Bertz CT molecular complexity index is 2810. The maximum absolute atomic E-state index is 13.3. The fourth-order valence-electron chi connectivity index (χ4n) is 6.45. The summed E-state index contributed by atoms with van der Waals surface area (Å²) in [6.07, 6.45) is 13.8. The summed E-state index contributed by atoms with van der Waals surface area (Å²) in [6, 6.07) is 16.0. The minimum absolute atomic E-state index is 0.0988. The van der Waals surface area contributed by atoms with Gasteiger partial charge in [-0.25, -0.2) is 38.3 Å². The molecule has 0 aliphatic heterocycles. The smallest absolute Gasteiger partial charge is 0.339 e. The molecular weight excluding hydrogens is 867 g/mol. The highest BCUT2D eigenvalue weighted by Crippen LogP contribution is 2.36. The van der Waals surface area contributed by atoms with Crippen molar-refractivity contribution in [3.8, 4) is 33.8 Å². The molecule has 0 atom stereocenters. The van der Waals surface area contributed by atoms with Gasteiger partial charge in [-0.3, -0.25) is 14.8 Å². The van der Waals surface area contributed by atoms with Gasteiger partial charge in [-0.2, -0.15) is 0 Å². The standard InChI is InChI=1S/C23H20FN3O3S.C22H18FN3O3S.CH2O2/c1-29-23(28)16-10-18(12-25-11-16)30-9-3-2-4-20-21-19(13-31-22(21)27-14-26-20)15-5-7-17(24)8-6-15;23-16-6-4-14(5-7-16)18-12-30-21-20(18)19(25-13-26-21)3-1-2-8-29-17-9-15(22(27)28)10-24-11-17;2-1-3/h5-8,10-14H,2-4,9H2,1H3;4-7,9-13H,1-3,8H2,(H,27,28);1H,(H,2,3). The van der Waals surface area contributed by atoms with Crippen LogP contribution in [0.3, 0.4) is 0 Å². The molecule has 0 bridgehead atoms. The number of hydrogen-bond donors (Lipinski definition) is 2. The van der Waals surface area contributed by atoms with E-state index in [1.807, 2.05) is 10.8 Å². The van der Waals surface area contributed by atoms with E-state index in [9.17, 15) is 18.4 Å². The van der Waals surface area contributed by atoms with Crippen LogP contribution in [0.4, 0.5) is 8.78 Å². The third-order valence-electron chi connectivity index (χ3n) is 9.46. The van der Waals surface area contributed by atoms with E-state index in [1.165, 1.54) is 56.0 Å². The predicted molar refractivity (Wildman–Crippen MR) is 238 cm³/mol. The SMILES string of the molecule is COC(=O)c1cncc(OCCCCc2ncnc3scc(-c4ccc(F)cc4)c23)c1.O=C(O)c1cncc(OCCCCc2ncnc3scc(-c4ccc(F)cc4)c23)c1.O=CO. The van der Waals surface area contributed by atoms with Gasteiger partial charge in [-0.05, 0) is 86.1 Å². The average Bonchev–Trinajstić information content (AvgIpc) is 3.96. The van der Waals surface area contributed by atoms with Gasteiger partial charge in [0.25, 0.3) is 6.47 Å². The van der Waals surface area contributed by atoms with Crippen LogP contribution in [0, 0.1) is 11.6 Å². The van der Waals surface area contributed by atoms with Crippen LogP contribution in [0.1, 0.15) is 57.8 Å². The summed E-state index contributed by atoms with van der Waals surface area (Å²) in [5.41, 5.74) is 6.31. The normalized spacial score (nSPS) is 10.6. The van der Waals surface area contributed by atoms with Gasteiger partial charge >= 0.3 is 11.9 Å². The Hall–Kier alpha value is -7.31. The molecule has 8 aromatic rings. The number of esters is 1. The predicted octanol–water partition coefficient (Wildman–Crippen LogP) is 9.77. The zero-order valence-corrected chi connectivity index (χ0v) is 35.9. The molecule has 2 N–H and O–H groups in total. The molecule has 0 fully saturated rings. The number of hydrogen-bond acceptors (Lipinski definition) is 14. The number of carboxylic acid groups (broad SMARTS) is 2. The number of halogens is 2. The molecule has 0 aliphatic rings. The van der Waals surface area contributed by atoms with Crippen molar-refractivity contribution in [2.45, 2.75) is 38.5 Å². The number of ether oxygens (including phenoxy) is 3. The molecule has 0 spiro atoms. The molecule has 64 heavy (non-hydrogen) atoms. The van der Waals surface area contributed by atoms with Crippen LogP contribution in [0.15, 0.2) is 109 Å². The van der Waals surface area contributed by atoms with Gasteiger partial charge in [0.2, 0.25) is 0 Å². The van der Waals surface area contributed by atoms with Crippen molar-refractivity contribution in [2.75, 3.05) is 20.3 Å². The molecule has 0 aliphatic carbocycles. The Morgan fingerprint density at radius 3 is 1.53 bits per heavy atom. The average molecular weight is 907 g/mol. The second-order valence-electron chi connectivity index (χ2n) is 13.6. The first-order valence-electron chi connectivity index (χ1n) is 19.7. The topological polar surface area (TPSA) is 197 Å². The van der Waals surface area contributed by atoms with Crippen LogP contribution < -0.4 is 9.47 Å². The van der Waals surface area contributed by atoms with E-state index in [1.54, 1.807) is 71.9 Å². The Balaban J connectivity index is 0.000000200. The number of aryl methyl sites for hydroxylation is 2. The van der Waals surface area contributed by atoms with Crippen molar-refractivity contribution in [3.05, 3.63) is 143 Å². The van der Waals surface area contributed by atoms with Crippen LogP contribution in [0.25, 0.3) is 42.7 Å². The van der Waals surface area contributed by atoms with Gasteiger partial charge in [0.05, 0.1) is 55.2 Å². The quantitative estimate of drug-likeness (QED) is 0.0528. The van der Waals surface area contributed by atoms with Crippen molar-refractivity contribution >= 4 is 61.5 Å². The van der Waals surface area contributed by atoms with E-state index in [0.29, 0.717) is 30.3 Å². The number of carbonyl (C=O) groups excluding carboxylic acids is 1. The van der Waals surface area contributed by atoms with Gasteiger partial charge in [0, 0.05) is 45.1 Å². The molecule has 0 amide bonds. The molecular formula is C46H40F2N6O8S2. The molecule has 328 valence electrons. The lowest BCUT2D eigenvalue weighted by molar-refractivity contribution is -0.122. The number of carboxylic acids is 1. The second kappa shape index (κ2) is 23.2. The minimum atomic E-state index is -1.03. The van der Waals surface area contributed by atoms with E-state index in [0.717, 1.165) is 92.6 Å². The van der Waals surface area contributed by atoms with Crippen molar-refractivity contribution in [1.82, 2.24) is 29.9 Å². The number of benzene rings is 2. The molecule has 0 radical (unpaired) electrons. The monoisotopic (exact) mass is 906 g/mol. The molecule has 18 heteroatoms. The summed E-state index contributed by atoms with van der Waals surface area (Å²) in [7, 11) is 1.33. The lowest BCUT2D eigenvalue weighted by atomic mass is 10.0. The van der Waals surface area contributed by atoms with Crippen molar-refractivity contribution < 1.29 is 47.6 Å². The third kappa shape index (κ3) is 12.4. The lowest BCUT2D eigenvalue weighted by Crippen LogP contribution is -2.04. The molecule has 6 heterocycles. The van der Waals surface area contributed by atoms with E-state index in [-0.39, 0.29) is 23.7 Å². The molecule has 14 nitrogen and oxygen atoms in total. The molecule has 0 unspecified atom stereocenters. The number of aromatic carboxylic acids is 1.